The predicted octanol–water partition coefficient (Wildman–Crippen LogP) is 1.57. The first-order valence-corrected chi connectivity index (χ1v) is 6.33. The van der Waals surface area contributed by atoms with E-state index in [4.69, 9.17) is 4.74 Å². The fraction of sp³-hybridized carbons (Fsp3) is 0.923. The van der Waals surface area contributed by atoms with Gasteiger partial charge >= 0.3 is 0 Å². The molecule has 0 aliphatic heterocycles. The van der Waals surface area contributed by atoms with E-state index >= 15 is 0 Å². The SMILES string of the molecule is CCOCCC(=O)NCC(C)(C)C(O)C(C)C. The molecule has 0 saturated heterocycles. The summed E-state index contributed by atoms with van der Waals surface area (Å²) in [6.45, 7) is 11.3. The van der Waals surface area contributed by atoms with Crippen molar-refractivity contribution in [3.8, 4) is 0 Å². The molecule has 2 N–H and O–H groups in total. The Bertz CT molecular complexity index is 227. The van der Waals surface area contributed by atoms with Crippen molar-refractivity contribution in [3.63, 3.8) is 0 Å². The van der Waals surface area contributed by atoms with E-state index in [1.807, 2.05) is 34.6 Å². The fourth-order valence-corrected chi connectivity index (χ4v) is 1.73. The summed E-state index contributed by atoms with van der Waals surface area (Å²) < 4.78 is 5.11. The van der Waals surface area contributed by atoms with Crippen molar-refractivity contribution in [2.24, 2.45) is 11.3 Å². The first kappa shape index (κ1) is 16.4. The van der Waals surface area contributed by atoms with Crippen LogP contribution in [0.5, 0.6) is 0 Å². The molecule has 0 radical (unpaired) electrons. The molecule has 0 fully saturated rings. The Morgan fingerprint density at radius 1 is 1.41 bits per heavy atom. The average Bonchev–Trinajstić information content (AvgIpc) is 2.25. The molecule has 0 rings (SSSR count). The zero-order valence-electron chi connectivity index (χ0n) is 11.7. The summed E-state index contributed by atoms with van der Waals surface area (Å²) in [5, 5.41) is 12.8. The van der Waals surface area contributed by atoms with Crippen LogP contribution in [-0.2, 0) is 9.53 Å². The van der Waals surface area contributed by atoms with Crippen LogP contribution >= 0.6 is 0 Å². The number of rotatable bonds is 8. The maximum absolute atomic E-state index is 11.5. The number of nitrogens with one attached hydrogen (secondary N) is 1. The van der Waals surface area contributed by atoms with Crippen LogP contribution in [0.2, 0.25) is 0 Å². The molecule has 1 unspecified atom stereocenters. The normalized spacial score (nSPS) is 13.8. The minimum absolute atomic E-state index is 0.0255. The van der Waals surface area contributed by atoms with Gasteiger partial charge in [0.05, 0.1) is 12.7 Å². The fourth-order valence-electron chi connectivity index (χ4n) is 1.73. The van der Waals surface area contributed by atoms with Gasteiger partial charge in [0.2, 0.25) is 5.91 Å². The maximum Gasteiger partial charge on any atom is 0.222 e. The number of hydrogen-bond acceptors (Lipinski definition) is 3. The molecule has 4 nitrogen and oxygen atoms in total. The first-order valence-electron chi connectivity index (χ1n) is 6.33. The zero-order chi connectivity index (χ0) is 13.5. The standard InChI is InChI=1S/C13H27NO3/c1-6-17-8-7-11(15)14-9-13(4,5)12(16)10(2)3/h10,12,16H,6-9H2,1-5H3,(H,14,15). The quantitative estimate of drug-likeness (QED) is 0.638. The van der Waals surface area contributed by atoms with Crippen LogP contribution in [-0.4, -0.2) is 36.9 Å². The molecular weight excluding hydrogens is 218 g/mol. The lowest BCUT2D eigenvalue weighted by Crippen LogP contribution is -2.43. The summed E-state index contributed by atoms with van der Waals surface area (Å²) >= 11 is 0. The topological polar surface area (TPSA) is 58.6 Å². The van der Waals surface area contributed by atoms with Crippen molar-refractivity contribution in [1.82, 2.24) is 5.32 Å². The van der Waals surface area contributed by atoms with E-state index in [9.17, 15) is 9.90 Å². The Morgan fingerprint density at radius 3 is 2.47 bits per heavy atom. The van der Waals surface area contributed by atoms with Gasteiger partial charge in [0.1, 0.15) is 0 Å². The average molecular weight is 245 g/mol. The minimum atomic E-state index is -0.422. The maximum atomic E-state index is 11.5. The van der Waals surface area contributed by atoms with Crippen LogP contribution < -0.4 is 5.32 Å². The van der Waals surface area contributed by atoms with E-state index in [1.54, 1.807) is 0 Å². The second-order valence-electron chi connectivity index (χ2n) is 5.40. The first-order chi connectivity index (χ1) is 7.81. The Morgan fingerprint density at radius 2 is 2.00 bits per heavy atom. The van der Waals surface area contributed by atoms with Crippen LogP contribution in [0.3, 0.4) is 0 Å². The third-order valence-electron chi connectivity index (χ3n) is 2.85. The molecule has 4 heteroatoms. The highest BCUT2D eigenvalue weighted by atomic mass is 16.5. The minimum Gasteiger partial charge on any atom is -0.392 e. The Balaban J connectivity index is 3.96. The number of aliphatic hydroxyl groups is 1. The van der Waals surface area contributed by atoms with E-state index in [-0.39, 0.29) is 17.2 Å². The van der Waals surface area contributed by atoms with Gasteiger partial charge in [-0.25, -0.2) is 0 Å². The van der Waals surface area contributed by atoms with Gasteiger partial charge in [-0.15, -0.1) is 0 Å². The monoisotopic (exact) mass is 245 g/mol. The van der Waals surface area contributed by atoms with E-state index in [0.717, 1.165) is 0 Å². The highest BCUT2D eigenvalue weighted by molar-refractivity contribution is 5.75. The highest BCUT2D eigenvalue weighted by Gasteiger charge is 2.30. The Kier molecular flexibility index (Phi) is 7.39. The smallest absolute Gasteiger partial charge is 0.222 e. The van der Waals surface area contributed by atoms with E-state index in [2.05, 4.69) is 5.32 Å². The summed E-state index contributed by atoms with van der Waals surface area (Å²) in [7, 11) is 0. The van der Waals surface area contributed by atoms with Gasteiger partial charge in [0.25, 0.3) is 0 Å². The lowest BCUT2D eigenvalue weighted by Gasteiger charge is -2.33. The molecule has 0 aromatic carbocycles. The zero-order valence-corrected chi connectivity index (χ0v) is 11.7. The molecule has 1 atom stereocenters. The van der Waals surface area contributed by atoms with Gasteiger partial charge in [-0.1, -0.05) is 27.7 Å². The Hall–Kier alpha value is -0.610. The van der Waals surface area contributed by atoms with Gasteiger partial charge in [0, 0.05) is 25.0 Å². The number of ether oxygens (including phenoxy) is 1. The molecular formula is C13H27NO3. The van der Waals surface area contributed by atoms with Crippen LogP contribution in [0, 0.1) is 11.3 Å². The van der Waals surface area contributed by atoms with Crippen LogP contribution in [0.4, 0.5) is 0 Å². The van der Waals surface area contributed by atoms with E-state index in [0.29, 0.717) is 26.2 Å². The predicted molar refractivity (Wildman–Crippen MR) is 68.7 cm³/mol. The molecule has 0 bridgehead atoms. The molecule has 17 heavy (non-hydrogen) atoms. The molecule has 0 spiro atoms. The van der Waals surface area contributed by atoms with Crippen molar-refractivity contribution >= 4 is 5.91 Å². The summed E-state index contributed by atoms with van der Waals surface area (Å²) in [4.78, 5) is 11.5. The number of aliphatic hydroxyl groups excluding tert-OH is 1. The van der Waals surface area contributed by atoms with Gasteiger partial charge in [-0.2, -0.15) is 0 Å². The van der Waals surface area contributed by atoms with Gasteiger partial charge in [0.15, 0.2) is 0 Å². The molecule has 102 valence electrons. The summed E-state index contributed by atoms with van der Waals surface area (Å²) in [6.07, 6.45) is -0.0449. The second kappa shape index (κ2) is 7.67. The summed E-state index contributed by atoms with van der Waals surface area (Å²) in [5.74, 6) is 0.160. The lowest BCUT2D eigenvalue weighted by molar-refractivity contribution is -0.123. The van der Waals surface area contributed by atoms with Gasteiger partial charge in [-0.3, -0.25) is 4.79 Å². The van der Waals surface area contributed by atoms with E-state index < -0.39 is 6.10 Å². The molecule has 1 amide bonds. The molecule has 0 aromatic heterocycles. The largest absolute Gasteiger partial charge is 0.392 e. The second-order valence-corrected chi connectivity index (χ2v) is 5.40. The number of carbonyl (C=O) groups excluding carboxylic acids is 1. The molecule has 0 heterocycles. The molecule has 0 aliphatic rings. The highest BCUT2D eigenvalue weighted by Crippen LogP contribution is 2.24. The van der Waals surface area contributed by atoms with Crippen molar-refractivity contribution in [2.45, 2.75) is 47.1 Å². The van der Waals surface area contributed by atoms with Crippen LogP contribution in [0.15, 0.2) is 0 Å². The molecule has 0 saturated carbocycles. The number of carbonyl (C=O) groups is 1. The summed E-state index contributed by atoms with van der Waals surface area (Å²) in [5.41, 5.74) is -0.310. The van der Waals surface area contributed by atoms with Crippen molar-refractivity contribution in [2.75, 3.05) is 19.8 Å². The Labute approximate surface area is 105 Å². The van der Waals surface area contributed by atoms with Crippen molar-refractivity contribution in [1.29, 1.82) is 0 Å². The van der Waals surface area contributed by atoms with Gasteiger partial charge < -0.3 is 15.2 Å². The van der Waals surface area contributed by atoms with Crippen molar-refractivity contribution < 1.29 is 14.6 Å². The van der Waals surface area contributed by atoms with E-state index in [1.165, 1.54) is 0 Å². The summed E-state index contributed by atoms with van der Waals surface area (Å²) in [6, 6.07) is 0. The molecule has 0 aromatic rings. The third kappa shape index (κ3) is 6.64. The van der Waals surface area contributed by atoms with Crippen LogP contribution in [0.1, 0.15) is 41.0 Å². The van der Waals surface area contributed by atoms with Crippen LogP contribution in [0.25, 0.3) is 0 Å². The third-order valence-corrected chi connectivity index (χ3v) is 2.85. The number of hydrogen-bond donors (Lipinski definition) is 2. The lowest BCUT2D eigenvalue weighted by atomic mass is 9.80. The molecule has 0 aliphatic carbocycles. The number of amides is 1. The van der Waals surface area contributed by atoms with Gasteiger partial charge in [-0.05, 0) is 12.8 Å². The van der Waals surface area contributed by atoms with Crippen molar-refractivity contribution in [3.05, 3.63) is 0 Å².